The van der Waals surface area contributed by atoms with Gasteiger partial charge in [0.2, 0.25) is 0 Å². The summed E-state index contributed by atoms with van der Waals surface area (Å²) >= 11 is 0. The molecular formula is C15H14BF2O3S. The van der Waals surface area contributed by atoms with Crippen LogP contribution in [-0.2, 0) is 20.9 Å². The fourth-order valence-corrected chi connectivity index (χ4v) is 2.72. The van der Waals surface area contributed by atoms with E-state index in [1.54, 1.807) is 26.2 Å². The summed E-state index contributed by atoms with van der Waals surface area (Å²) in [4.78, 5) is -0.0579. The predicted molar refractivity (Wildman–Crippen MR) is 80.8 cm³/mol. The van der Waals surface area contributed by atoms with Crippen LogP contribution >= 0.6 is 0 Å². The van der Waals surface area contributed by atoms with Gasteiger partial charge >= 0.3 is 0 Å². The molecule has 3 nitrogen and oxygen atoms in total. The minimum atomic E-state index is -4.07. The van der Waals surface area contributed by atoms with Gasteiger partial charge in [-0.15, -0.1) is 0 Å². The van der Waals surface area contributed by atoms with Crippen molar-refractivity contribution in [2.24, 2.45) is 0 Å². The van der Waals surface area contributed by atoms with Crippen molar-refractivity contribution in [1.82, 2.24) is 0 Å². The van der Waals surface area contributed by atoms with Crippen molar-refractivity contribution in [3.63, 3.8) is 0 Å². The van der Waals surface area contributed by atoms with E-state index in [0.29, 0.717) is 5.46 Å². The van der Waals surface area contributed by atoms with Gasteiger partial charge in [0.15, 0.2) is 0 Å². The van der Waals surface area contributed by atoms with Crippen molar-refractivity contribution >= 4 is 22.9 Å². The zero-order chi connectivity index (χ0) is 16.3. The Labute approximate surface area is 129 Å². The van der Waals surface area contributed by atoms with E-state index in [1.165, 1.54) is 12.1 Å². The minimum absolute atomic E-state index is 0.0579. The summed E-state index contributed by atoms with van der Waals surface area (Å²) in [7, 11) is -2.52. The van der Waals surface area contributed by atoms with E-state index in [0.717, 1.165) is 17.7 Å². The van der Waals surface area contributed by atoms with Gasteiger partial charge in [-0.2, -0.15) is 8.42 Å². The average molecular weight is 323 g/mol. The van der Waals surface area contributed by atoms with E-state index in [4.69, 9.17) is 4.18 Å². The molecule has 0 bridgehead atoms. The Hall–Kier alpha value is -1.73. The Morgan fingerprint density at radius 3 is 2.14 bits per heavy atom. The Morgan fingerprint density at radius 1 is 1.09 bits per heavy atom. The minimum Gasteiger partial charge on any atom is -0.261 e. The van der Waals surface area contributed by atoms with Crippen LogP contribution in [-0.4, -0.2) is 15.7 Å². The molecule has 0 atom stereocenters. The van der Waals surface area contributed by atoms with Gasteiger partial charge in [0.05, 0.1) is 17.1 Å². The van der Waals surface area contributed by atoms with Gasteiger partial charge in [-0.25, -0.2) is 8.78 Å². The fourth-order valence-electron chi connectivity index (χ4n) is 1.84. The van der Waals surface area contributed by atoms with Crippen LogP contribution in [0.25, 0.3) is 0 Å². The van der Waals surface area contributed by atoms with E-state index in [1.807, 2.05) is 6.92 Å². The molecule has 7 heteroatoms. The largest absolute Gasteiger partial charge is 0.297 e. The first-order chi connectivity index (χ1) is 10.3. The molecule has 0 aliphatic rings. The van der Waals surface area contributed by atoms with Crippen LogP contribution in [0.1, 0.15) is 11.1 Å². The molecule has 2 aromatic carbocycles. The van der Waals surface area contributed by atoms with Crippen molar-refractivity contribution in [2.75, 3.05) is 0 Å². The maximum Gasteiger partial charge on any atom is 0.297 e. The number of aryl methyl sites for hydroxylation is 1. The van der Waals surface area contributed by atoms with Crippen LogP contribution in [0.15, 0.2) is 41.3 Å². The lowest BCUT2D eigenvalue weighted by atomic mass is 9.73. The highest BCUT2D eigenvalue weighted by molar-refractivity contribution is 7.86. The molecule has 0 amide bonds. The number of benzene rings is 2. The Bertz CT molecular complexity index is 751. The SMILES string of the molecule is C[B]c1cc(F)c(COS(=O)(=O)c2ccc(C)cc2)c(F)c1. The third-order valence-electron chi connectivity index (χ3n) is 3.16. The molecule has 0 unspecified atom stereocenters. The average Bonchev–Trinajstić information content (AvgIpc) is 2.46. The van der Waals surface area contributed by atoms with Crippen molar-refractivity contribution in [1.29, 1.82) is 0 Å². The Balaban J connectivity index is 2.21. The predicted octanol–water partition coefficient (Wildman–Crippen LogP) is 2.56. The third-order valence-corrected chi connectivity index (χ3v) is 4.44. The highest BCUT2D eigenvalue weighted by Crippen LogP contribution is 2.18. The smallest absolute Gasteiger partial charge is 0.261 e. The van der Waals surface area contributed by atoms with Crippen LogP contribution in [0.5, 0.6) is 0 Å². The van der Waals surface area contributed by atoms with E-state index in [2.05, 4.69) is 0 Å². The van der Waals surface area contributed by atoms with Crippen molar-refractivity contribution in [3.05, 3.63) is 59.2 Å². The molecule has 0 N–H and O–H groups in total. The molecule has 0 heterocycles. The van der Waals surface area contributed by atoms with Crippen LogP contribution in [0.4, 0.5) is 8.78 Å². The summed E-state index contributed by atoms with van der Waals surface area (Å²) in [5.74, 6) is -1.68. The molecule has 1 radical (unpaired) electrons. The van der Waals surface area contributed by atoms with Gasteiger partial charge in [0.1, 0.15) is 18.9 Å². The quantitative estimate of drug-likeness (QED) is 0.627. The number of rotatable bonds is 5. The number of hydrogen-bond acceptors (Lipinski definition) is 3. The first-order valence-electron chi connectivity index (χ1n) is 6.57. The van der Waals surface area contributed by atoms with E-state index in [9.17, 15) is 17.2 Å². The van der Waals surface area contributed by atoms with Gasteiger partial charge in [0, 0.05) is 0 Å². The van der Waals surface area contributed by atoms with Crippen molar-refractivity contribution < 1.29 is 21.4 Å². The fraction of sp³-hybridized carbons (Fsp3) is 0.200. The Morgan fingerprint density at radius 2 is 1.64 bits per heavy atom. The number of halogens is 2. The topological polar surface area (TPSA) is 43.4 Å². The van der Waals surface area contributed by atoms with Crippen molar-refractivity contribution in [3.8, 4) is 0 Å². The molecule has 22 heavy (non-hydrogen) atoms. The van der Waals surface area contributed by atoms with E-state index in [-0.39, 0.29) is 4.90 Å². The normalized spacial score (nSPS) is 11.5. The van der Waals surface area contributed by atoms with E-state index >= 15 is 0 Å². The molecule has 2 aromatic rings. The second-order valence-corrected chi connectivity index (χ2v) is 6.40. The summed E-state index contributed by atoms with van der Waals surface area (Å²) in [6.45, 7) is 2.76. The van der Waals surface area contributed by atoms with Gasteiger partial charge in [0.25, 0.3) is 10.1 Å². The summed E-state index contributed by atoms with van der Waals surface area (Å²) in [6, 6.07) is 8.24. The van der Waals surface area contributed by atoms with Crippen LogP contribution in [0.3, 0.4) is 0 Å². The zero-order valence-electron chi connectivity index (χ0n) is 12.1. The summed E-state index contributed by atoms with van der Waals surface area (Å²) in [6.07, 6.45) is 0. The third kappa shape index (κ3) is 3.72. The molecule has 0 spiro atoms. The second-order valence-electron chi connectivity index (χ2n) is 4.78. The molecule has 0 aliphatic carbocycles. The number of hydrogen-bond donors (Lipinski definition) is 0. The Kier molecular flexibility index (Phi) is 4.98. The van der Waals surface area contributed by atoms with Gasteiger partial charge in [-0.1, -0.05) is 30.0 Å². The monoisotopic (exact) mass is 323 g/mol. The molecule has 0 aliphatic heterocycles. The standard InChI is InChI=1S/C15H14BF2O3S/c1-10-3-5-12(6-4-10)22(19,20)21-9-13-14(17)7-11(16-2)8-15(13)18/h3-8H,9H2,1-2H3. The molecule has 0 saturated heterocycles. The highest BCUT2D eigenvalue weighted by atomic mass is 32.2. The molecule has 0 saturated carbocycles. The zero-order valence-corrected chi connectivity index (χ0v) is 13.0. The highest BCUT2D eigenvalue weighted by Gasteiger charge is 2.18. The second kappa shape index (κ2) is 6.58. The van der Waals surface area contributed by atoms with Gasteiger partial charge < -0.3 is 0 Å². The lowest BCUT2D eigenvalue weighted by Crippen LogP contribution is -2.16. The maximum absolute atomic E-state index is 13.8. The van der Waals surface area contributed by atoms with Gasteiger partial charge in [-0.05, 0) is 31.2 Å². The summed E-state index contributed by atoms with van der Waals surface area (Å²) in [5.41, 5.74) is 0.851. The molecule has 0 aromatic heterocycles. The van der Waals surface area contributed by atoms with Crippen LogP contribution < -0.4 is 5.46 Å². The van der Waals surface area contributed by atoms with E-state index < -0.39 is 33.9 Å². The van der Waals surface area contributed by atoms with Crippen LogP contribution in [0, 0.1) is 18.6 Å². The maximum atomic E-state index is 13.8. The van der Waals surface area contributed by atoms with Crippen LogP contribution in [0.2, 0.25) is 6.82 Å². The summed E-state index contributed by atoms with van der Waals surface area (Å²) in [5, 5.41) is 0. The molecule has 0 fully saturated rings. The molecule has 2 rings (SSSR count). The van der Waals surface area contributed by atoms with Crippen molar-refractivity contribution in [2.45, 2.75) is 25.2 Å². The first-order valence-corrected chi connectivity index (χ1v) is 7.97. The lowest BCUT2D eigenvalue weighted by Gasteiger charge is -2.09. The molecular weight excluding hydrogens is 309 g/mol. The molecule has 115 valence electrons. The lowest BCUT2D eigenvalue weighted by molar-refractivity contribution is 0.296. The first kappa shape index (κ1) is 16.6. The van der Waals surface area contributed by atoms with Gasteiger partial charge in [-0.3, -0.25) is 4.18 Å². The summed E-state index contributed by atoms with van der Waals surface area (Å²) < 4.78 is 56.3.